The molecule has 0 atom stereocenters. The summed E-state index contributed by atoms with van der Waals surface area (Å²) in [5.41, 5.74) is 4.25. The van der Waals surface area contributed by atoms with E-state index in [4.69, 9.17) is 14.6 Å². The molecule has 0 spiro atoms. The van der Waals surface area contributed by atoms with Crippen LogP contribution in [0, 0.1) is 6.92 Å². The van der Waals surface area contributed by atoms with Gasteiger partial charge in [0.1, 0.15) is 0 Å². The molecule has 0 unspecified atom stereocenters. The van der Waals surface area contributed by atoms with Crippen LogP contribution in [0.1, 0.15) is 11.1 Å². The van der Waals surface area contributed by atoms with Crippen molar-refractivity contribution >= 4 is 17.6 Å². The van der Waals surface area contributed by atoms with Gasteiger partial charge in [0.25, 0.3) is 0 Å². The third kappa shape index (κ3) is 3.71. The molecule has 1 aliphatic heterocycles. The smallest absolute Gasteiger partial charge is 0.231 e. The fraction of sp³-hybridized carbons (Fsp3) is 0.143. The van der Waals surface area contributed by atoms with Crippen molar-refractivity contribution in [2.75, 3.05) is 13.3 Å². The van der Waals surface area contributed by atoms with Crippen LogP contribution in [0.2, 0.25) is 0 Å². The molecule has 0 radical (unpaired) electrons. The van der Waals surface area contributed by atoms with Crippen LogP contribution in [0.3, 0.4) is 0 Å². The molecule has 2 heterocycles. The largest absolute Gasteiger partial charge is 0.454 e. The lowest BCUT2D eigenvalue weighted by atomic mass is 10.1. The minimum Gasteiger partial charge on any atom is -0.454 e. The Labute approximate surface area is 161 Å². The van der Waals surface area contributed by atoms with E-state index in [2.05, 4.69) is 48.1 Å². The molecule has 4 rings (SSSR count). The van der Waals surface area contributed by atoms with Crippen molar-refractivity contribution in [2.45, 2.75) is 6.92 Å². The van der Waals surface area contributed by atoms with Crippen LogP contribution in [0.4, 0.5) is 0 Å². The van der Waals surface area contributed by atoms with Gasteiger partial charge in [0.2, 0.25) is 11.6 Å². The van der Waals surface area contributed by atoms with Crippen molar-refractivity contribution in [2.24, 2.45) is 10.1 Å². The van der Waals surface area contributed by atoms with Gasteiger partial charge < -0.3 is 9.47 Å². The van der Waals surface area contributed by atoms with Crippen molar-refractivity contribution in [1.82, 2.24) is 4.68 Å². The minimum absolute atomic E-state index is 0.261. The number of ether oxygens (including phenoxy) is 2. The molecule has 27 heavy (non-hydrogen) atoms. The van der Waals surface area contributed by atoms with Crippen LogP contribution in [0.25, 0.3) is 11.3 Å². The topological polar surface area (TPSA) is 48.1 Å². The number of hydrogen-bond donors (Lipinski definition) is 0. The van der Waals surface area contributed by atoms with Crippen LogP contribution in [-0.2, 0) is 0 Å². The molecule has 136 valence electrons. The fourth-order valence-corrected chi connectivity index (χ4v) is 3.55. The maximum atomic E-state index is 5.44. The highest BCUT2D eigenvalue weighted by Gasteiger charge is 2.13. The average molecular weight is 377 g/mol. The van der Waals surface area contributed by atoms with E-state index in [1.54, 1.807) is 23.6 Å². The molecule has 1 aromatic heterocycles. The Hall–Kier alpha value is -3.12. The highest BCUT2D eigenvalue weighted by Crippen LogP contribution is 2.32. The highest BCUT2D eigenvalue weighted by molar-refractivity contribution is 7.07. The van der Waals surface area contributed by atoms with Crippen LogP contribution in [0.5, 0.6) is 11.5 Å². The second-order valence-corrected chi connectivity index (χ2v) is 6.90. The second-order valence-electron chi connectivity index (χ2n) is 6.07. The van der Waals surface area contributed by atoms with Gasteiger partial charge in [-0.25, -0.2) is 4.68 Å². The molecular formula is C21H19N3O2S. The van der Waals surface area contributed by atoms with E-state index in [1.165, 1.54) is 5.56 Å². The number of thiazole rings is 1. The van der Waals surface area contributed by atoms with Gasteiger partial charge in [0.15, 0.2) is 11.5 Å². The summed E-state index contributed by atoms with van der Waals surface area (Å²) in [4.78, 5) is 5.39. The van der Waals surface area contributed by atoms with Crippen LogP contribution in [-0.4, -0.2) is 24.2 Å². The summed E-state index contributed by atoms with van der Waals surface area (Å²) in [7, 11) is 0. The van der Waals surface area contributed by atoms with Crippen molar-refractivity contribution < 1.29 is 9.47 Å². The molecule has 6 heteroatoms. The van der Waals surface area contributed by atoms with Gasteiger partial charge in [0, 0.05) is 10.9 Å². The average Bonchev–Trinajstić information content (AvgIpc) is 3.31. The summed E-state index contributed by atoms with van der Waals surface area (Å²) in [5.74, 6) is 1.50. The van der Waals surface area contributed by atoms with E-state index >= 15 is 0 Å². The fourth-order valence-electron chi connectivity index (χ4n) is 2.70. The van der Waals surface area contributed by atoms with E-state index < -0.39 is 0 Å². The first-order valence-corrected chi connectivity index (χ1v) is 9.45. The summed E-state index contributed by atoms with van der Waals surface area (Å²) in [6.07, 6.45) is 3.58. The Morgan fingerprint density at radius 3 is 2.78 bits per heavy atom. The first-order valence-electron chi connectivity index (χ1n) is 8.57. The molecule has 1 aliphatic rings. The van der Waals surface area contributed by atoms with Crippen molar-refractivity contribution in [1.29, 1.82) is 0 Å². The standard InChI is InChI=1S/C21H19N3O2S/c1-3-10-22-21-24(18(13-27-21)17-7-4-15(2)5-8-17)23-12-16-6-9-19-20(11-16)26-14-25-19/h3-9,11-13H,1,10,14H2,2H3. The van der Waals surface area contributed by atoms with E-state index in [0.29, 0.717) is 6.54 Å². The van der Waals surface area contributed by atoms with Gasteiger partial charge in [-0.2, -0.15) is 5.10 Å². The molecule has 0 amide bonds. The minimum atomic E-state index is 0.261. The molecule has 0 bridgehead atoms. The maximum absolute atomic E-state index is 5.44. The summed E-state index contributed by atoms with van der Waals surface area (Å²) in [6, 6.07) is 14.2. The lowest BCUT2D eigenvalue weighted by Crippen LogP contribution is -2.12. The molecule has 0 aliphatic carbocycles. The van der Waals surface area contributed by atoms with Gasteiger partial charge in [0.05, 0.1) is 18.5 Å². The second kappa shape index (κ2) is 7.63. The Bertz CT molecular complexity index is 1060. The summed E-state index contributed by atoms with van der Waals surface area (Å²) in [6.45, 7) is 6.63. The first-order chi connectivity index (χ1) is 13.2. The Morgan fingerprint density at radius 2 is 1.96 bits per heavy atom. The van der Waals surface area contributed by atoms with E-state index in [1.807, 2.05) is 22.9 Å². The molecule has 5 nitrogen and oxygen atoms in total. The number of benzene rings is 2. The van der Waals surface area contributed by atoms with Crippen LogP contribution < -0.4 is 14.3 Å². The summed E-state index contributed by atoms with van der Waals surface area (Å²) < 4.78 is 12.7. The van der Waals surface area contributed by atoms with E-state index in [0.717, 1.165) is 33.1 Å². The molecule has 0 N–H and O–H groups in total. The number of nitrogens with zero attached hydrogens (tertiary/aromatic N) is 3. The Balaban J connectivity index is 1.74. The third-order valence-corrected chi connectivity index (χ3v) is 4.96. The normalized spacial score (nSPS) is 13.4. The maximum Gasteiger partial charge on any atom is 0.231 e. The zero-order chi connectivity index (χ0) is 18.6. The predicted octanol–water partition coefficient (Wildman–Crippen LogP) is 4.22. The van der Waals surface area contributed by atoms with Crippen molar-refractivity contribution in [3.05, 3.63) is 76.4 Å². The number of aromatic nitrogens is 1. The quantitative estimate of drug-likeness (QED) is 0.494. The van der Waals surface area contributed by atoms with Gasteiger partial charge in [-0.1, -0.05) is 35.9 Å². The van der Waals surface area contributed by atoms with Gasteiger partial charge in [-0.3, -0.25) is 4.99 Å². The monoisotopic (exact) mass is 377 g/mol. The zero-order valence-electron chi connectivity index (χ0n) is 15.0. The van der Waals surface area contributed by atoms with Gasteiger partial charge in [-0.05, 0) is 30.7 Å². The molecule has 3 aromatic rings. The highest BCUT2D eigenvalue weighted by atomic mass is 32.1. The number of hydrogen-bond acceptors (Lipinski definition) is 5. The molecule has 0 saturated heterocycles. The zero-order valence-corrected chi connectivity index (χ0v) is 15.8. The Morgan fingerprint density at radius 1 is 1.15 bits per heavy atom. The number of fused-ring (bicyclic) bond motifs is 1. The SMILES string of the molecule is C=CCN=c1scc(-c2ccc(C)cc2)n1N=Cc1ccc2c(c1)OCO2. The third-order valence-electron chi connectivity index (χ3n) is 4.11. The van der Waals surface area contributed by atoms with E-state index in [-0.39, 0.29) is 6.79 Å². The Kier molecular flexibility index (Phi) is 4.89. The molecule has 0 saturated carbocycles. The van der Waals surface area contributed by atoms with Crippen molar-refractivity contribution in [3.8, 4) is 22.8 Å². The van der Waals surface area contributed by atoms with Crippen LogP contribution >= 0.6 is 11.3 Å². The number of rotatable bonds is 5. The predicted molar refractivity (Wildman–Crippen MR) is 109 cm³/mol. The lowest BCUT2D eigenvalue weighted by molar-refractivity contribution is 0.174. The van der Waals surface area contributed by atoms with Crippen LogP contribution in [0.15, 0.2) is 70.6 Å². The lowest BCUT2D eigenvalue weighted by Gasteiger charge is -2.04. The first kappa shape index (κ1) is 17.3. The van der Waals surface area contributed by atoms with Gasteiger partial charge in [-0.15, -0.1) is 17.9 Å². The van der Waals surface area contributed by atoms with E-state index in [9.17, 15) is 0 Å². The summed E-state index contributed by atoms with van der Waals surface area (Å²) in [5, 5.41) is 6.76. The van der Waals surface area contributed by atoms with Gasteiger partial charge >= 0.3 is 0 Å². The van der Waals surface area contributed by atoms with Crippen molar-refractivity contribution in [3.63, 3.8) is 0 Å². The summed E-state index contributed by atoms with van der Waals surface area (Å²) >= 11 is 1.56. The molecular weight excluding hydrogens is 358 g/mol. The number of aryl methyl sites for hydroxylation is 1. The molecule has 2 aromatic carbocycles. The molecule has 0 fully saturated rings.